The molecule has 86 valence electrons. The molecule has 0 bridgehead atoms. The number of nitrogens with one attached hydrogen (secondary N) is 2. The predicted octanol–water partition coefficient (Wildman–Crippen LogP) is 1.02. The van der Waals surface area contributed by atoms with Gasteiger partial charge in [0, 0.05) is 11.8 Å². The van der Waals surface area contributed by atoms with Gasteiger partial charge in [0.1, 0.15) is 5.69 Å². The molecule has 1 aromatic carbocycles. The van der Waals surface area contributed by atoms with Gasteiger partial charge in [0.2, 0.25) is 0 Å². The van der Waals surface area contributed by atoms with Crippen molar-refractivity contribution in [3.05, 3.63) is 53.9 Å². The average molecular weight is 229 g/mol. The molecule has 1 aromatic heterocycles. The number of Topliss-reactive ketones (excluding diaryl/α,β-unsaturated/α-hetero) is 1. The third-order valence-corrected chi connectivity index (χ3v) is 2.25. The van der Waals surface area contributed by atoms with Gasteiger partial charge in [-0.2, -0.15) is 5.10 Å². The largest absolute Gasteiger partial charge is 0.343 e. The Morgan fingerprint density at radius 2 is 1.94 bits per heavy atom. The molecule has 0 aliphatic carbocycles. The maximum Gasteiger partial charge on any atom is 0.269 e. The standard InChI is InChI=1S/C12H11N3O2/c16-11(9-4-2-1-3-5-9)8-13-12(17)10-6-7-14-15-10/h1-7H,8H2,(H,13,17)(H,14,15). The number of rotatable bonds is 4. The third-order valence-electron chi connectivity index (χ3n) is 2.25. The number of ketones is 1. The van der Waals surface area contributed by atoms with Crippen LogP contribution in [0.1, 0.15) is 20.8 Å². The van der Waals surface area contributed by atoms with E-state index in [2.05, 4.69) is 15.5 Å². The maximum atomic E-state index is 11.7. The Bertz CT molecular complexity index is 506. The molecule has 2 rings (SSSR count). The second kappa shape index (κ2) is 5.07. The first-order chi connectivity index (χ1) is 8.27. The molecule has 0 radical (unpaired) electrons. The van der Waals surface area contributed by atoms with Crippen LogP contribution < -0.4 is 5.32 Å². The highest BCUT2D eigenvalue weighted by Gasteiger charge is 2.09. The summed E-state index contributed by atoms with van der Waals surface area (Å²) in [6.07, 6.45) is 1.48. The Hall–Kier alpha value is -2.43. The Morgan fingerprint density at radius 3 is 2.59 bits per heavy atom. The van der Waals surface area contributed by atoms with E-state index < -0.39 is 0 Å². The summed E-state index contributed by atoms with van der Waals surface area (Å²) >= 11 is 0. The van der Waals surface area contributed by atoms with E-state index in [-0.39, 0.29) is 18.2 Å². The lowest BCUT2D eigenvalue weighted by molar-refractivity contribution is 0.0901. The molecule has 5 heteroatoms. The van der Waals surface area contributed by atoms with Crippen LogP contribution in [-0.4, -0.2) is 28.4 Å². The molecule has 1 amide bonds. The fourth-order valence-electron chi connectivity index (χ4n) is 1.36. The summed E-state index contributed by atoms with van der Waals surface area (Å²) in [6.45, 7) is -0.0259. The van der Waals surface area contributed by atoms with E-state index in [0.29, 0.717) is 11.3 Å². The van der Waals surface area contributed by atoms with Crippen LogP contribution in [0.5, 0.6) is 0 Å². The molecule has 0 aliphatic rings. The summed E-state index contributed by atoms with van der Waals surface area (Å²) in [6, 6.07) is 10.4. The van der Waals surface area contributed by atoms with Gasteiger partial charge in [-0.3, -0.25) is 14.7 Å². The van der Waals surface area contributed by atoms with Crippen molar-refractivity contribution in [2.75, 3.05) is 6.54 Å². The van der Waals surface area contributed by atoms with Crippen molar-refractivity contribution in [2.45, 2.75) is 0 Å². The van der Waals surface area contributed by atoms with Crippen LogP contribution in [0.3, 0.4) is 0 Å². The maximum absolute atomic E-state index is 11.7. The van der Waals surface area contributed by atoms with Crippen molar-refractivity contribution in [3.8, 4) is 0 Å². The zero-order valence-electron chi connectivity index (χ0n) is 9.01. The van der Waals surface area contributed by atoms with Crippen LogP contribution in [0.25, 0.3) is 0 Å². The van der Waals surface area contributed by atoms with Gasteiger partial charge in [-0.05, 0) is 6.07 Å². The average Bonchev–Trinajstić information content (AvgIpc) is 2.90. The fourth-order valence-corrected chi connectivity index (χ4v) is 1.36. The Kier molecular flexibility index (Phi) is 3.30. The van der Waals surface area contributed by atoms with E-state index >= 15 is 0 Å². The summed E-state index contributed by atoms with van der Waals surface area (Å²) in [5.41, 5.74) is 0.920. The lowest BCUT2D eigenvalue weighted by Gasteiger charge is -2.02. The Balaban J connectivity index is 1.91. The van der Waals surface area contributed by atoms with Gasteiger partial charge >= 0.3 is 0 Å². The predicted molar refractivity (Wildman–Crippen MR) is 61.7 cm³/mol. The first-order valence-corrected chi connectivity index (χ1v) is 5.13. The van der Waals surface area contributed by atoms with Crippen molar-refractivity contribution in [1.29, 1.82) is 0 Å². The number of aromatic amines is 1. The van der Waals surface area contributed by atoms with Crippen molar-refractivity contribution in [2.24, 2.45) is 0 Å². The Morgan fingerprint density at radius 1 is 1.18 bits per heavy atom. The van der Waals surface area contributed by atoms with Crippen molar-refractivity contribution >= 4 is 11.7 Å². The first-order valence-electron chi connectivity index (χ1n) is 5.13. The summed E-state index contributed by atoms with van der Waals surface area (Å²) in [5, 5.41) is 8.71. The van der Waals surface area contributed by atoms with Gasteiger partial charge in [-0.25, -0.2) is 0 Å². The van der Waals surface area contributed by atoms with Gasteiger partial charge in [0.05, 0.1) is 6.54 Å². The van der Waals surface area contributed by atoms with Crippen LogP contribution in [0.2, 0.25) is 0 Å². The Labute approximate surface area is 97.9 Å². The van der Waals surface area contributed by atoms with Crippen molar-refractivity contribution in [1.82, 2.24) is 15.5 Å². The first kappa shape index (κ1) is 11.1. The molecule has 0 spiro atoms. The van der Waals surface area contributed by atoms with Gasteiger partial charge in [0.15, 0.2) is 5.78 Å². The summed E-state index contributed by atoms with van der Waals surface area (Å²) in [7, 11) is 0. The highest BCUT2D eigenvalue weighted by atomic mass is 16.2. The van der Waals surface area contributed by atoms with Crippen LogP contribution in [-0.2, 0) is 0 Å². The molecule has 0 unspecified atom stereocenters. The molecule has 0 saturated carbocycles. The molecule has 0 saturated heterocycles. The monoisotopic (exact) mass is 229 g/mol. The highest BCUT2D eigenvalue weighted by Crippen LogP contribution is 1.99. The number of hydrogen-bond donors (Lipinski definition) is 2. The number of carbonyl (C=O) groups is 2. The normalized spacial score (nSPS) is 9.88. The molecular weight excluding hydrogens is 218 g/mol. The molecule has 0 atom stereocenters. The lowest BCUT2D eigenvalue weighted by Crippen LogP contribution is -2.29. The van der Waals surface area contributed by atoms with Crippen molar-refractivity contribution < 1.29 is 9.59 Å². The SMILES string of the molecule is O=C(CNC(=O)c1ccn[nH]1)c1ccccc1. The zero-order chi connectivity index (χ0) is 12.1. The molecule has 2 N–H and O–H groups in total. The molecule has 1 heterocycles. The number of aromatic nitrogens is 2. The van der Waals surface area contributed by atoms with Crippen LogP contribution in [0, 0.1) is 0 Å². The minimum absolute atomic E-state index is 0.0259. The number of H-pyrrole nitrogens is 1. The third kappa shape index (κ3) is 2.78. The topological polar surface area (TPSA) is 74.8 Å². The minimum atomic E-state index is -0.341. The molecule has 0 fully saturated rings. The van der Waals surface area contributed by atoms with E-state index in [9.17, 15) is 9.59 Å². The van der Waals surface area contributed by atoms with Crippen LogP contribution in [0.4, 0.5) is 0 Å². The molecule has 0 aliphatic heterocycles. The number of carbonyl (C=O) groups excluding carboxylic acids is 2. The summed E-state index contributed by atoms with van der Waals surface area (Å²) < 4.78 is 0. The number of hydrogen-bond acceptors (Lipinski definition) is 3. The number of nitrogens with zero attached hydrogens (tertiary/aromatic N) is 1. The van der Waals surface area contributed by atoms with Crippen LogP contribution >= 0.6 is 0 Å². The second-order valence-corrected chi connectivity index (χ2v) is 3.44. The smallest absolute Gasteiger partial charge is 0.269 e. The van der Waals surface area contributed by atoms with Crippen LogP contribution in [0.15, 0.2) is 42.6 Å². The molecule has 17 heavy (non-hydrogen) atoms. The van der Waals surface area contributed by atoms with E-state index in [4.69, 9.17) is 0 Å². The number of amides is 1. The lowest BCUT2D eigenvalue weighted by atomic mass is 10.1. The fraction of sp³-hybridized carbons (Fsp3) is 0.0833. The summed E-state index contributed by atoms with van der Waals surface area (Å²) in [5.74, 6) is -0.467. The quantitative estimate of drug-likeness (QED) is 0.769. The van der Waals surface area contributed by atoms with E-state index in [1.165, 1.54) is 6.20 Å². The molecular formula is C12H11N3O2. The zero-order valence-corrected chi connectivity index (χ0v) is 9.01. The summed E-state index contributed by atoms with van der Waals surface area (Å²) in [4.78, 5) is 23.2. The van der Waals surface area contributed by atoms with Gasteiger partial charge in [-0.15, -0.1) is 0 Å². The minimum Gasteiger partial charge on any atom is -0.343 e. The highest BCUT2D eigenvalue weighted by molar-refractivity contribution is 6.01. The molecule has 2 aromatic rings. The van der Waals surface area contributed by atoms with E-state index in [0.717, 1.165) is 0 Å². The van der Waals surface area contributed by atoms with Gasteiger partial charge in [-0.1, -0.05) is 30.3 Å². The number of benzene rings is 1. The van der Waals surface area contributed by atoms with E-state index in [1.807, 2.05) is 6.07 Å². The van der Waals surface area contributed by atoms with E-state index in [1.54, 1.807) is 30.3 Å². The van der Waals surface area contributed by atoms with Crippen molar-refractivity contribution in [3.63, 3.8) is 0 Å². The van der Waals surface area contributed by atoms with Gasteiger partial charge in [0.25, 0.3) is 5.91 Å². The second-order valence-electron chi connectivity index (χ2n) is 3.44. The molecule has 5 nitrogen and oxygen atoms in total. The van der Waals surface area contributed by atoms with Gasteiger partial charge < -0.3 is 5.32 Å².